The summed E-state index contributed by atoms with van der Waals surface area (Å²) in [5.41, 5.74) is 2.68. The Morgan fingerprint density at radius 2 is 2.36 bits per heavy atom. The summed E-state index contributed by atoms with van der Waals surface area (Å²) in [7, 11) is 0. The molecule has 0 fully saturated rings. The zero-order chi connectivity index (χ0) is 9.97. The number of benzene rings is 1. The highest BCUT2D eigenvalue weighted by atomic mass is 16.3. The summed E-state index contributed by atoms with van der Waals surface area (Å²) >= 11 is 0. The van der Waals surface area contributed by atoms with E-state index in [-0.39, 0.29) is 0 Å². The maximum Gasteiger partial charge on any atom is 0.115 e. The predicted molar refractivity (Wildman–Crippen MR) is 57.5 cm³/mol. The molecular weight excluding hydrogens is 174 g/mol. The molecule has 2 heteroatoms. The third-order valence-corrected chi connectivity index (χ3v) is 2.89. The largest absolute Gasteiger partial charge is 0.508 e. The Hall–Kier alpha value is -1.02. The molecule has 0 amide bonds. The first kappa shape index (κ1) is 9.53. The number of aryl methyl sites for hydroxylation is 1. The van der Waals surface area contributed by atoms with Gasteiger partial charge in [-0.2, -0.15) is 0 Å². The highest BCUT2D eigenvalue weighted by Gasteiger charge is 2.19. The summed E-state index contributed by atoms with van der Waals surface area (Å²) in [5, 5.41) is 12.9. The fraction of sp³-hybridized carbons (Fsp3) is 0.500. The van der Waals surface area contributed by atoms with Gasteiger partial charge in [-0.05, 0) is 49.1 Å². The number of hydrogen-bond donors (Lipinski definition) is 2. The molecule has 1 aromatic rings. The number of phenols is 1. The van der Waals surface area contributed by atoms with E-state index in [1.165, 1.54) is 24.0 Å². The molecule has 2 nitrogen and oxygen atoms in total. The summed E-state index contributed by atoms with van der Waals surface area (Å²) < 4.78 is 0. The number of nitrogens with one attached hydrogen (secondary N) is 1. The van der Waals surface area contributed by atoms with Gasteiger partial charge in [-0.15, -0.1) is 0 Å². The Morgan fingerprint density at radius 3 is 3.14 bits per heavy atom. The Morgan fingerprint density at radius 1 is 1.50 bits per heavy atom. The molecule has 2 rings (SSSR count). The van der Waals surface area contributed by atoms with Crippen molar-refractivity contribution < 1.29 is 5.11 Å². The van der Waals surface area contributed by atoms with Crippen LogP contribution in [0.2, 0.25) is 0 Å². The van der Waals surface area contributed by atoms with Crippen LogP contribution in [0.25, 0.3) is 0 Å². The molecule has 1 aromatic carbocycles. The van der Waals surface area contributed by atoms with Crippen LogP contribution >= 0.6 is 0 Å². The number of rotatable bonds is 2. The average Bonchev–Trinajstić information content (AvgIpc) is 2.19. The van der Waals surface area contributed by atoms with E-state index in [2.05, 4.69) is 12.2 Å². The third-order valence-electron chi connectivity index (χ3n) is 2.89. The Bertz CT molecular complexity index is 322. The highest BCUT2D eigenvalue weighted by molar-refractivity contribution is 5.38. The van der Waals surface area contributed by atoms with E-state index in [9.17, 15) is 5.11 Å². The smallest absolute Gasteiger partial charge is 0.115 e. The maximum absolute atomic E-state index is 9.45. The van der Waals surface area contributed by atoms with Crippen LogP contribution in [0.1, 0.15) is 36.9 Å². The van der Waals surface area contributed by atoms with Crippen LogP contribution in [-0.4, -0.2) is 11.7 Å². The van der Waals surface area contributed by atoms with Crippen molar-refractivity contribution in [3.05, 3.63) is 29.3 Å². The van der Waals surface area contributed by atoms with Crippen molar-refractivity contribution in [2.45, 2.75) is 32.2 Å². The van der Waals surface area contributed by atoms with Crippen molar-refractivity contribution in [3.63, 3.8) is 0 Å². The predicted octanol–water partition coefficient (Wildman–Crippen LogP) is 2.38. The van der Waals surface area contributed by atoms with Crippen molar-refractivity contribution >= 4 is 0 Å². The van der Waals surface area contributed by atoms with Crippen LogP contribution in [0, 0.1) is 0 Å². The molecule has 1 aliphatic carbocycles. The van der Waals surface area contributed by atoms with Crippen LogP contribution in [0.4, 0.5) is 0 Å². The lowest BCUT2D eigenvalue weighted by atomic mass is 9.87. The second-order valence-electron chi connectivity index (χ2n) is 3.89. The van der Waals surface area contributed by atoms with Gasteiger partial charge in [-0.3, -0.25) is 0 Å². The normalized spacial score (nSPS) is 20.5. The van der Waals surface area contributed by atoms with Crippen molar-refractivity contribution in [3.8, 4) is 5.75 Å². The molecule has 0 radical (unpaired) electrons. The Kier molecular flexibility index (Phi) is 2.73. The fourth-order valence-electron chi connectivity index (χ4n) is 2.24. The molecule has 0 heterocycles. The molecule has 0 unspecified atom stereocenters. The van der Waals surface area contributed by atoms with Gasteiger partial charge in [0.05, 0.1) is 0 Å². The van der Waals surface area contributed by atoms with Crippen molar-refractivity contribution in [1.29, 1.82) is 0 Å². The first-order chi connectivity index (χ1) is 6.81. The second-order valence-corrected chi connectivity index (χ2v) is 3.89. The molecule has 0 saturated heterocycles. The lowest BCUT2D eigenvalue weighted by Gasteiger charge is -2.26. The minimum absolute atomic E-state index is 0.383. The summed E-state index contributed by atoms with van der Waals surface area (Å²) in [6.45, 7) is 3.11. The van der Waals surface area contributed by atoms with Gasteiger partial charge in [0.1, 0.15) is 5.75 Å². The Labute approximate surface area is 85.0 Å². The molecule has 2 N–H and O–H groups in total. The zero-order valence-corrected chi connectivity index (χ0v) is 8.59. The van der Waals surface area contributed by atoms with E-state index in [0.717, 1.165) is 13.0 Å². The van der Waals surface area contributed by atoms with Gasteiger partial charge in [0.25, 0.3) is 0 Å². The molecule has 0 spiro atoms. The first-order valence-electron chi connectivity index (χ1n) is 5.36. The molecule has 76 valence electrons. The molecule has 0 aromatic heterocycles. The van der Waals surface area contributed by atoms with E-state index in [1.807, 2.05) is 12.1 Å². The number of phenolic OH excluding ortho intramolecular Hbond substituents is 1. The minimum atomic E-state index is 0.383. The minimum Gasteiger partial charge on any atom is -0.508 e. The number of fused-ring (bicyclic) bond motifs is 1. The van der Waals surface area contributed by atoms with Crippen molar-refractivity contribution in [1.82, 2.24) is 5.32 Å². The van der Waals surface area contributed by atoms with Crippen LogP contribution in [0.3, 0.4) is 0 Å². The SMILES string of the molecule is CCN[C@H]1CCCc2ccc(O)cc21. The molecule has 1 aliphatic rings. The van der Waals surface area contributed by atoms with Gasteiger partial charge in [-0.1, -0.05) is 13.0 Å². The quantitative estimate of drug-likeness (QED) is 0.752. The van der Waals surface area contributed by atoms with E-state index in [0.29, 0.717) is 11.8 Å². The van der Waals surface area contributed by atoms with Crippen LogP contribution < -0.4 is 5.32 Å². The van der Waals surface area contributed by atoms with Crippen molar-refractivity contribution in [2.24, 2.45) is 0 Å². The first-order valence-corrected chi connectivity index (χ1v) is 5.36. The number of hydrogen-bond acceptors (Lipinski definition) is 2. The molecule has 0 saturated carbocycles. The summed E-state index contributed by atoms with van der Waals surface area (Å²) in [4.78, 5) is 0. The molecule has 0 bridgehead atoms. The Balaban J connectivity index is 2.32. The van der Waals surface area contributed by atoms with E-state index >= 15 is 0 Å². The van der Waals surface area contributed by atoms with Gasteiger partial charge in [0.2, 0.25) is 0 Å². The van der Waals surface area contributed by atoms with Crippen LogP contribution in [0.15, 0.2) is 18.2 Å². The third kappa shape index (κ3) is 1.75. The molecule has 1 atom stereocenters. The van der Waals surface area contributed by atoms with Gasteiger partial charge in [-0.25, -0.2) is 0 Å². The summed E-state index contributed by atoms with van der Waals surface area (Å²) in [5.74, 6) is 0.383. The maximum atomic E-state index is 9.45. The standard InChI is InChI=1S/C12H17NO/c1-2-13-12-5-3-4-9-6-7-10(14)8-11(9)12/h6-8,12-14H,2-5H2,1H3/t12-/m0/s1. The van der Waals surface area contributed by atoms with E-state index < -0.39 is 0 Å². The van der Waals surface area contributed by atoms with Gasteiger partial charge in [0.15, 0.2) is 0 Å². The summed E-state index contributed by atoms with van der Waals surface area (Å²) in [6, 6.07) is 6.18. The zero-order valence-electron chi connectivity index (χ0n) is 8.59. The highest BCUT2D eigenvalue weighted by Crippen LogP contribution is 2.31. The molecular formula is C12H17NO. The van der Waals surface area contributed by atoms with Gasteiger partial charge < -0.3 is 10.4 Å². The molecule has 14 heavy (non-hydrogen) atoms. The van der Waals surface area contributed by atoms with Crippen LogP contribution in [0.5, 0.6) is 5.75 Å². The number of aromatic hydroxyl groups is 1. The summed E-state index contributed by atoms with van der Waals surface area (Å²) in [6.07, 6.45) is 3.58. The van der Waals surface area contributed by atoms with E-state index in [1.54, 1.807) is 6.07 Å². The fourth-order valence-corrected chi connectivity index (χ4v) is 2.24. The average molecular weight is 191 g/mol. The lowest BCUT2D eigenvalue weighted by Crippen LogP contribution is -2.24. The van der Waals surface area contributed by atoms with E-state index in [4.69, 9.17) is 0 Å². The van der Waals surface area contributed by atoms with Gasteiger partial charge >= 0.3 is 0 Å². The van der Waals surface area contributed by atoms with Crippen molar-refractivity contribution in [2.75, 3.05) is 6.54 Å². The second kappa shape index (κ2) is 4.01. The molecule has 0 aliphatic heterocycles. The topological polar surface area (TPSA) is 32.3 Å². The lowest BCUT2D eigenvalue weighted by molar-refractivity contribution is 0.453. The van der Waals surface area contributed by atoms with Gasteiger partial charge in [0, 0.05) is 6.04 Å². The monoisotopic (exact) mass is 191 g/mol. The van der Waals surface area contributed by atoms with Crippen LogP contribution in [-0.2, 0) is 6.42 Å².